The molecule has 0 aliphatic carbocycles. The molecule has 8 nitrogen and oxygen atoms in total. The Morgan fingerprint density at radius 2 is 1.86 bits per heavy atom. The maximum atomic E-state index is 13.8. The Morgan fingerprint density at radius 1 is 1.09 bits per heavy atom. The van der Waals surface area contributed by atoms with Crippen LogP contribution in [0, 0.1) is 5.82 Å². The Labute approximate surface area is 196 Å². The number of rotatable bonds is 7. The van der Waals surface area contributed by atoms with Gasteiger partial charge in [-0.25, -0.2) is 9.07 Å². The zero-order chi connectivity index (χ0) is 25.0. The molecule has 0 atom stereocenters. The third kappa shape index (κ3) is 5.37. The molecule has 1 N–H and O–H groups in total. The fraction of sp³-hybridized carbons (Fsp3) is 0.130. The molecule has 180 valence electrons. The van der Waals surface area contributed by atoms with E-state index in [0.717, 1.165) is 29.8 Å². The summed E-state index contributed by atoms with van der Waals surface area (Å²) in [5.74, 6) is -1.18. The molecule has 0 bridgehead atoms. The number of alkyl halides is 3. The van der Waals surface area contributed by atoms with Crippen LogP contribution in [-0.2, 0) is 12.8 Å². The van der Waals surface area contributed by atoms with Gasteiger partial charge in [0.15, 0.2) is 22.9 Å². The van der Waals surface area contributed by atoms with Crippen molar-refractivity contribution in [1.29, 1.82) is 0 Å². The van der Waals surface area contributed by atoms with Crippen LogP contribution in [-0.4, -0.2) is 33.0 Å². The second-order valence-corrected chi connectivity index (χ2v) is 7.14. The molecule has 0 saturated carbocycles. The highest BCUT2D eigenvalue weighted by molar-refractivity contribution is 6.04. The smallest absolute Gasteiger partial charge is 0.435 e. The zero-order valence-corrected chi connectivity index (χ0v) is 18.1. The van der Waals surface area contributed by atoms with E-state index in [9.17, 15) is 22.4 Å². The van der Waals surface area contributed by atoms with Crippen LogP contribution in [0.1, 0.15) is 21.7 Å². The first-order valence-corrected chi connectivity index (χ1v) is 10.1. The van der Waals surface area contributed by atoms with Gasteiger partial charge in [0.25, 0.3) is 5.91 Å². The molecule has 0 spiro atoms. The van der Waals surface area contributed by atoms with Crippen molar-refractivity contribution in [2.75, 3.05) is 12.4 Å². The fourth-order valence-corrected chi connectivity index (χ4v) is 3.15. The Hall–Kier alpha value is -4.48. The van der Waals surface area contributed by atoms with Crippen molar-refractivity contribution in [2.45, 2.75) is 12.8 Å². The van der Waals surface area contributed by atoms with Crippen LogP contribution in [0.2, 0.25) is 0 Å². The van der Waals surface area contributed by atoms with Gasteiger partial charge in [0.1, 0.15) is 12.4 Å². The van der Waals surface area contributed by atoms with Crippen LogP contribution in [0.5, 0.6) is 11.5 Å². The minimum Gasteiger partial charge on any atom is -0.493 e. The van der Waals surface area contributed by atoms with E-state index in [4.69, 9.17) is 9.47 Å². The van der Waals surface area contributed by atoms with Crippen LogP contribution in [0.25, 0.3) is 5.69 Å². The Balaban J connectivity index is 1.60. The first kappa shape index (κ1) is 23.7. The van der Waals surface area contributed by atoms with Crippen LogP contribution >= 0.6 is 0 Å². The molecule has 0 aliphatic rings. The maximum absolute atomic E-state index is 13.8. The molecule has 2 heterocycles. The zero-order valence-electron chi connectivity index (χ0n) is 18.1. The summed E-state index contributed by atoms with van der Waals surface area (Å²) in [4.78, 5) is 16.8. The molecule has 0 saturated heterocycles. The van der Waals surface area contributed by atoms with Gasteiger partial charge in [-0.2, -0.15) is 13.2 Å². The Morgan fingerprint density at radius 3 is 2.51 bits per heavy atom. The molecule has 4 rings (SSSR count). The number of aromatic nitrogens is 4. The molecule has 0 aliphatic heterocycles. The minimum atomic E-state index is -4.97. The minimum absolute atomic E-state index is 0.110. The van der Waals surface area contributed by atoms with E-state index in [1.165, 1.54) is 25.3 Å². The highest BCUT2D eigenvalue weighted by Gasteiger charge is 2.42. The summed E-state index contributed by atoms with van der Waals surface area (Å²) in [6.45, 7) is 0.145. The predicted octanol–water partition coefficient (Wildman–Crippen LogP) is 4.66. The lowest BCUT2D eigenvalue weighted by Gasteiger charge is -2.13. The SMILES string of the molecule is COc1ccc(NC(=O)c2nnn(-c3ccc(F)cc3)c2C(F)(F)F)cc1OCc1cccnc1. The normalized spacial score (nSPS) is 11.2. The lowest BCUT2D eigenvalue weighted by molar-refractivity contribution is -0.143. The molecule has 0 radical (unpaired) electrons. The topological polar surface area (TPSA) is 91.2 Å². The standard InChI is InChI=1S/C23H17F4N5O3/c1-34-18-9-6-16(11-19(18)35-13-14-3-2-10-28-12-14)29-22(33)20-21(23(25,26)27)32(31-30-20)17-7-4-15(24)5-8-17/h2-12H,13H2,1H3,(H,29,33). The van der Waals surface area contributed by atoms with E-state index in [1.54, 1.807) is 24.5 Å². The first-order valence-electron chi connectivity index (χ1n) is 10.1. The molecular formula is C23H17F4N5O3. The number of methoxy groups -OCH3 is 1. The van der Waals surface area contributed by atoms with Crippen molar-refractivity contribution < 1.29 is 31.8 Å². The first-order chi connectivity index (χ1) is 16.8. The molecule has 0 unspecified atom stereocenters. The third-order valence-corrected chi connectivity index (χ3v) is 4.76. The average Bonchev–Trinajstić information content (AvgIpc) is 3.30. The summed E-state index contributed by atoms with van der Waals surface area (Å²) in [6.07, 6.45) is -1.74. The number of pyridine rings is 1. The van der Waals surface area contributed by atoms with Gasteiger partial charge in [-0.3, -0.25) is 9.78 Å². The monoisotopic (exact) mass is 487 g/mol. The number of amides is 1. The van der Waals surface area contributed by atoms with E-state index in [-0.39, 0.29) is 23.7 Å². The number of benzene rings is 2. The number of nitrogens with one attached hydrogen (secondary N) is 1. The summed E-state index contributed by atoms with van der Waals surface area (Å²) < 4.78 is 66.1. The van der Waals surface area contributed by atoms with Crippen molar-refractivity contribution in [3.63, 3.8) is 0 Å². The summed E-state index contributed by atoms with van der Waals surface area (Å²) in [7, 11) is 1.42. The number of carbonyl (C=O) groups is 1. The molecule has 35 heavy (non-hydrogen) atoms. The third-order valence-electron chi connectivity index (χ3n) is 4.76. The summed E-state index contributed by atoms with van der Waals surface area (Å²) in [6, 6.07) is 12.0. The van der Waals surface area contributed by atoms with Gasteiger partial charge < -0.3 is 14.8 Å². The number of anilines is 1. The lowest BCUT2D eigenvalue weighted by atomic mass is 10.2. The van der Waals surface area contributed by atoms with Gasteiger partial charge in [0, 0.05) is 29.7 Å². The van der Waals surface area contributed by atoms with E-state index >= 15 is 0 Å². The summed E-state index contributed by atoms with van der Waals surface area (Å²) >= 11 is 0. The van der Waals surface area contributed by atoms with Gasteiger partial charge in [0.2, 0.25) is 0 Å². The quantitative estimate of drug-likeness (QED) is 0.382. The number of hydrogen-bond donors (Lipinski definition) is 1. The van der Waals surface area contributed by atoms with Gasteiger partial charge in [-0.05, 0) is 42.5 Å². The van der Waals surface area contributed by atoms with Crippen LogP contribution in [0.4, 0.5) is 23.2 Å². The Bertz CT molecular complexity index is 1330. The largest absolute Gasteiger partial charge is 0.493 e. The molecule has 2 aromatic heterocycles. The number of nitrogens with zero attached hydrogens (tertiary/aromatic N) is 4. The summed E-state index contributed by atoms with van der Waals surface area (Å²) in [5, 5.41) is 9.27. The summed E-state index contributed by atoms with van der Waals surface area (Å²) in [5.41, 5.74) is -1.54. The Kier molecular flexibility index (Phi) is 6.62. The van der Waals surface area contributed by atoms with Crippen molar-refractivity contribution in [2.24, 2.45) is 0 Å². The second kappa shape index (κ2) is 9.79. The molecule has 12 heteroatoms. The van der Waals surface area contributed by atoms with Crippen molar-refractivity contribution >= 4 is 11.6 Å². The molecule has 0 fully saturated rings. The number of halogens is 4. The maximum Gasteiger partial charge on any atom is 0.435 e. The van der Waals surface area contributed by atoms with Gasteiger partial charge in [-0.1, -0.05) is 11.3 Å². The molecular weight excluding hydrogens is 470 g/mol. The van der Waals surface area contributed by atoms with Crippen molar-refractivity contribution in [3.8, 4) is 17.2 Å². The highest BCUT2D eigenvalue weighted by Crippen LogP contribution is 2.34. The number of ether oxygens (including phenoxy) is 2. The van der Waals surface area contributed by atoms with E-state index in [1.807, 2.05) is 0 Å². The average molecular weight is 487 g/mol. The predicted molar refractivity (Wildman–Crippen MR) is 116 cm³/mol. The molecule has 1 amide bonds. The van der Waals surface area contributed by atoms with Crippen LogP contribution in [0.15, 0.2) is 67.0 Å². The fourth-order valence-electron chi connectivity index (χ4n) is 3.15. The second-order valence-electron chi connectivity index (χ2n) is 7.14. The molecule has 4 aromatic rings. The van der Waals surface area contributed by atoms with E-state index in [2.05, 4.69) is 20.6 Å². The van der Waals surface area contributed by atoms with Gasteiger partial charge in [0.05, 0.1) is 12.8 Å². The highest BCUT2D eigenvalue weighted by atomic mass is 19.4. The number of hydrogen-bond acceptors (Lipinski definition) is 6. The van der Waals surface area contributed by atoms with Crippen LogP contribution < -0.4 is 14.8 Å². The van der Waals surface area contributed by atoms with Gasteiger partial charge in [-0.15, -0.1) is 5.10 Å². The molecule has 2 aromatic carbocycles. The van der Waals surface area contributed by atoms with Gasteiger partial charge >= 0.3 is 6.18 Å². The number of carbonyl (C=O) groups excluding carboxylic acids is 1. The van der Waals surface area contributed by atoms with Crippen molar-refractivity contribution in [1.82, 2.24) is 20.0 Å². The lowest BCUT2D eigenvalue weighted by Crippen LogP contribution is -2.21. The van der Waals surface area contributed by atoms with Crippen molar-refractivity contribution in [3.05, 3.63) is 89.8 Å². The van der Waals surface area contributed by atoms with Crippen LogP contribution in [0.3, 0.4) is 0 Å². The van der Waals surface area contributed by atoms with E-state index < -0.39 is 29.3 Å². The van der Waals surface area contributed by atoms with E-state index in [0.29, 0.717) is 10.4 Å².